The van der Waals surface area contributed by atoms with Crippen molar-refractivity contribution in [2.24, 2.45) is 11.8 Å². The number of anilines is 1. The van der Waals surface area contributed by atoms with Gasteiger partial charge in [-0.2, -0.15) is 0 Å². The smallest absolute Gasteiger partial charge is 0.251 e. The van der Waals surface area contributed by atoms with Gasteiger partial charge >= 0.3 is 0 Å². The molecule has 3 amide bonds. The number of allylic oxidation sites excluding steroid dienone is 2. The number of rotatable bonds is 4. The third-order valence-corrected chi connectivity index (χ3v) is 5.51. The lowest BCUT2D eigenvalue weighted by molar-refractivity contribution is -0.122. The van der Waals surface area contributed by atoms with Crippen molar-refractivity contribution in [2.45, 2.75) is 26.3 Å². The van der Waals surface area contributed by atoms with Gasteiger partial charge in [0.05, 0.1) is 17.5 Å². The number of fused-ring (bicyclic) bond motifs is 1. The molecule has 4 rings (SSSR count). The molecule has 2 aliphatic rings. The molecule has 2 atom stereocenters. The molecular formula is C23H22N2O3. The number of hydrogen-bond acceptors (Lipinski definition) is 3. The first-order chi connectivity index (χ1) is 13.5. The van der Waals surface area contributed by atoms with Gasteiger partial charge in [-0.25, -0.2) is 0 Å². The van der Waals surface area contributed by atoms with Crippen molar-refractivity contribution in [3.8, 4) is 0 Å². The van der Waals surface area contributed by atoms with Gasteiger partial charge in [0, 0.05) is 12.1 Å². The first-order valence-electron chi connectivity index (χ1n) is 9.50. The van der Waals surface area contributed by atoms with Crippen LogP contribution in [0.15, 0.2) is 66.2 Å². The van der Waals surface area contributed by atoms with Crippen molar-refractivity contribution in [1.29, 1.82) is 0 Å². The van der Waals surface area contributed by atoms with Crippen molar-refractivity contribution >= 4 is 23.4 Å². The highest BCUT2D eigenvalue weighted by Gasteiger charge is 2.48. The third kappa shape index (κ3) is 3.36. The number of nitrogens with one attached hydrogen (secondary N) is 1. The maximum absolute atomic E-state index is 12.8. The number of carbonyl (C=O) groups is 3. The lowest BCUT2D eigenvalue weighted by atomic mass is 9.82. The van der Waals surface area contributed by atoms with Crippen molar-refractivity contribution < 1.29 is 14.4 Å². The van der Waals surface area contributed by atoms with Crippen LogP contribution in [0.2, 0.25) is 0 Å². The summed E-state index contributed by atoms with van der Waals surface area (Å²) in [5.41, 5.74) is 3.21. The molecule has 28 heavy (non-hydrogen) atoms. The normalized spacial score (nSPS) is 21.3. The lowest BCUT2D eigenvalue weighted by Crippen LogP contribution is -2.31. The van der Waals surface area contributed by atoms with Crippen molar-refractivity contribution in [3.05, 3.63) is 77.4 Å². The largest absolute Gasteiger partial charge is 0.348 e. The zero-order valence-corrected chi connectivity index (χ0v) is 15.7. The van der Waals surface area contributed by atoms with E-state index in [0.29, 0.717) is 30.6 Å². The maximum atomic E-state index is 12.8. The molecule has 2 aromatic carbocycles. The summed E-state index contributed by atoms with van der Waals surface area (Å²) in [5, 5.41) is 2.87. The van der Waals surface area contributed by atoms with E-state index in [4.69, 9.17) is 0 Å². The Kier molecular flexibility index (Phi) is 4.82. The second-order valence-electron chi connectivity index (χ2n) is 7.43. The minimum Gasteiger partial charge on any atom is -0.348 e. The fourth-order valence-corrected chi connectivity index (χ4v) is 3.93. The lowest BCUT2D eigenvalue weighted by Gasteiger charge is -2.18. The fourth-order valence-electron chi connectivity index (χ4n) is 3.93. The van der Waals surface area contributed by atoms with Gasteiger partial charge in [-0.1, -0.05) is 42.0 Å². The standard InChI is InChI=1S/C23H22N2O3/c1-15-7-12-19-20(13-15)23(28)25(22(19)27)18-10-8-17(9-11-18)21(26)24-14-16-5-3-2-4-6-16/h2-11,19-20H,12-14H2,1H3,(H,24,26)/t19-,20-/m0/s1. The molecule has 5 nitrogen and oxygen atoms in total. The van der Waals surface area contributed by atoms with Gasteiger partial charge < -0.3 is 5.32 Å². The molecule has 0 aromatic heterocycles. The van der Waals surface area contributed by atoms with E-state index in [-0.39, 0.29) is 29.6 Å². The van der Waals surface area contributed by atoms with E-state index in [9.17, 15) is 14.4 Å². The van der Waals surface area contributed by atoms with Gasteiger partial charge in [0.2, 0.25) is 11.8 Å². The van der Waals surface area contributed by atoms with Crippen LogP contribution in [0.3, 0.4) is 0 Å². The Labute approximate surface area is 164 Å². The molecule has 0 bridgehead atoms. The van der Waals surface area contributed by atoms with E-state index >= 15 is 0 Å². The van der Waals surface area contributed by atoms with E-state index in [1.165, 1.54) is 4.90 Å². The van der Waals surface area contributed by atoms with Crippen LogP contribution < -0.4 is 10.2 Å². The first kappa shape index (κ1) is 18.2. The molecule has 5 heteroatoms. The van der Waals surface area contributed by atoms with Gasteiger partial charge in [-0.05, 0) is 49.6 Å². The van der Waals surface area contributed by atoms with Gasteiger partial charge in [0.25, 0.3) is 5.91 Å². The highest BCUT2D eigenvalue weighted by molar-refractivity contribution is 6.22. The Morgan fingerprint density at radius 1 is 1.00 bits per heavy atom. The number of carbonyl (C=O) groups excluding carboxylic acids is 3. The number of hydrogen-bond donors (Lipinski definition) is 1. The average Bonchev–Trinajstić information content (AvgIpc) is 2.97. The Balaban J connectivity index is 1.45. The number of nitrogens with zero attached hydrogens (tertiary/aromatic N) is 1. The fraction of sp³-hybridized carbons (Fsp3) is 0.261. The SMILES string of the molecule is CC1=CC[C@@H]2C(=O)N(c3ccc(C(=O)NCc4ccccc4)cc3)C(=O)[C@H]2C1. The molecule has 1 N–H and O–H groups in total. The Morgan fingerprint density at radius 3 is 2.39 bits per heavy atom. The van der Waals surface area contributed by atoms with Crippen LogP contribution in [-0.2, 0) is 16.1 Å². The molecule has 1 fully saturated rings. The van der Waals surface area contributed by atoms with E-state index in [0.717, 1.165) is 11.1 Å². The van der Waals surface area contributed by atoms with Crippen LogP contribution in [0.1, 0.15) is 35.7 Å². The van der Waals surface area contributed by atoms with Crippen molar-refractivity contribution in [1.82, 2.24) is 5.32 Å². The molecule has 2 aromatic rings. The molecule has 0 radical (unpaired) electrons. The zero-order chi connectivity index (χ0) is 19.7. The molecule has 0 saturated carbocycles. The van der Waals surface area contributed by atoms with E-state index in [2.05, 4.69) is 11.4 Å². The zero-order valence-electron chi connectivity index (χ0n) is 15.7. The summed E-state index contributed by atoms with van der Waals surface area (Å²) in [7, 11) is 0. The Hall–Kier alpha value is -3.21. The number of benzene rings is 2. The van der Waals surface area contributed by atoms with Crippen LogP contribution >= 0.6 is 0 Å². The number of amides is 3. The molecule has 142 valence electrons. The van der Waals surface area contributed by atoms with Crippen LogP contribution in [0, 0.1) is 11.8 Å². The second-order valence-corrected chi connectivity index (χ2v) is 7.43. The summed E-state index contributed by atoms with van der Waals surface area (Å²) in [4.78, 5) is 39.1. The monoisotopic (exact) mass is 374 g/mol. The first-order valence-corrected chi connectivity index (χ1v) is 9.50. The van der Waals surface area contributed by atoms with E-state index < -0.39 is 0 Å². The predicted molar refractivity (Wildman–Crippen MR) is 107 cm³/mol. The summed E-state index contributed by atoms with van der Waals surface area (Å²) in [6, 6.07) is 16.3. The van der Waals surface area contributed by atoms with Crippen LogP contribution in [0.5, 0.6) is 0 Å². The molecule has 1 heterocycles. The van der Waals surface area contributed by atoms with Crippen molar-refractivity contribution in [2.75, 3.05) is 4.90 Å². The Morgan fingerprint density at radius 2 is 1.68 bits per heavy atom. The molecular weight excluding hydrogens is 352 g/mol. The summed E-state index contributed by atoms with van der Waals surface area (Å²) < 4.78 is 0. The van der Waals surface area contributed by atoms with Gasteiger partial charge in [-0.3, -0.25) is 19.3 Å². The third-order valence-electron chi connectivity index (χ3n) is 5.51. The maximum Gasteiger partial charge on any atom is 0.251 e. The molecule has 0 unspecified atom stereocenters. The molecule has 0 spiro atoms. The highest BCUT2D eigenvalue weighted by atomic mass is 16.2. The van der Waals surface area contributed by atoms with Crippen LogP contribution in [-0.4, -0.2) is 17.7 Å². The molecule has 1 aliphatic carbocycles. The van der Waals surface area contributed by atoms with Gasteiger partial charge in [-0.15, -0.1) is 0 Å². The average molecular weight is 374 g/mol. The summed E-state index contributed by atoms with van der Waals surface area (Å²) in [5.74, 6) is -0.983. The molecule has 1 saturated heterocycles. The van der Waals surface area contributed by atoms with E-state index in [1.54, 1.807) is 24.3 Å². The van der Waals surface area contributed by atoms with Crippen LogP contribution in [0.25, 0.3) is 0 Å². The summed E-state index contributed by atoms with van der Waals surface area (Å²) in [6.07, 6.45) is 3.32. The summed E-state index contributed by atoms with van der Waals surface area (Å²) in [6.45, 7) is 2.44. The molecule has 1 aliphatic heterocycles. The van der Waals surface area contributed by atoms with E-state index in [1.807, 2.05) is 37.3 Å². The predicted octanol–water partition coefficient (Wildman–Crippen LogP) is 3.46. The van der Waals surface area contributed by atoms with Crippen molar-refractivity contribution in [3.63, 3.8) is 0 Å². The summed E-state index contributed by atoms with van der Waals surface area (Å²) >= 11 is 0. The highest BCUT2D eigenvalue weighted by Crippen LogP contribution is 2.39. The van der Waals surface area contributed by atoms with Gasteiger partial charge in [0.1, 0.15) is 0 Å². The quantitative estimate of drug-likeness (QED) is 0.658. The Bertz CT molecular complexity index is 948. The van der Waals surface area contributed by atoms with Crippen LogP contribution in [0.4, 0.5) is 5.69 Å². The number of imide groups is 1. The minimum atomic E-state index is -0.259. The topological polar surface area (TPSA) is 66.5 Å². The second kappa shape index (κ2) is 7.43. The minimum absolute atomic E-state index is 0.135. The van der Waals surface area contributed by atoms with Gasteiger partial charge in [0.15, 0.2) is 0 Å².